The molecule has 0 saturated carbocycles. The van der Waals surface area contributed by atoms with E-state index in [-0.39, 0.29) is 36.0 Å². The van der Waals surface area contributed by atoms with Gasteiger partial charge >= 0.3 is 18.0 Å². The van der Waals surface area contributed by atoms with Gasteiger partial charge in [-0.1, -0.05) is 17.7 Å². The third-order valence-electron chi connectivity index (χ3n) is 4.35. The maximum absolute atomic E-state index is 13.4. The lowest BCUT2D eigenvalue weighted by Crippen LogP contribution is -2.46. The number of nitrogens with zero attached hydrogens (tertiary/aromatic N) is 1. The summed E-state index contributed by atoms with van der Waals surface area (Å²) in [6.45, 7) is -0.0610. The third kappa shape index (κ3) is 5.06. The number of anilines is 1. The van der Waals surface area contributed by atoms with Crippen LogP contribution in [0.5, 0.6) is 0 Å². The molecule has 5 nitrogen and oxygen atoms in total. The van der Waals surface area contributed by atoms with Gasteiger partial charge in [-0.05, 0) is 35.9 Å². The lowest BCUT2D eigenvalue weighted by molar-refractivity contribution is -0.148. The van der Waals surface area contributed by atoms with Crippen molar-refractivity contribution in [2.45, 2.75) is 12.3 Å². The zero-order valence-electron chi connectivity index (χ0n) is 15.1. The van der Waals surface area contributed by atoms with E-state index in [0.29, 0.717) is 12.1 Å². The van der Waals surface area contributed by atoms with E-state index in [0.717, 1.165) is 23.1 Å². The molecule has 1 heterocycles. The highest BCUT2D eigenvalue weighted by molar-refractivity contribution is 6.39. The summed E-state index contributed by atoms with van der Waals surface area (Å²) in [5.41, 5.74) is -1.10. The van der Waals surface area contributed by atoms with E-state index in [1.54, 1.807) is 0 Å². The van der Waals surface area contributed by atoms with Gasteiger partial charge in [-0.2, -0.15) is 13.2 Å². The van der Waals surface area contributed by atoms with Crippen molar-refractivity contribution in [2.75, 3.05) is 25.0 Å². The maximum atomic E-state index is 13.4. The van der Waals surface area contributed by atoms with E-state index in [1.165, 1.54) is 6.07 Å². The van der Waals surface area contributed by atoms with Gasteiger partial charge in [0, 0.05) is 17.3 Å². The van der Waals surface area contributed by atoms with E-state index in [4.69, 9.17) is 16.3 Å². The van der Waals surface area contributed by atoms with Crippen molar-refractivity contribution < 1.29 is 36.3 Å². The molecule has 0 spiro atoms. The molecule has 160 valence electrons. The molecular weight excluding hydrogens is 435 g/mol. The van der Waals surface area contributed by atoms with Gasteiger partial charge in [0.1, 0.15) is 6.10 Å². The van der Waals surface area contributed by atoms with Crippen molar-refractivity contribution in [1.82, 2.24) is 4.90 Å². The number of carbonyl (C=O) groups excluding carboxylic acids is 2. The first kappa shape index (κ1) is 22.0. The van der Waals surface area contributed by atoms with Crippen LogP contribution in [0.3, 0.4) is 0 Å². The fourth-order valence-corrected chi connectivity index (χ4v) is 3.14. The molecule has 2 aromatic rings. The lowest BCUT2D eigenvalue weighted by atomic mass is 10.1. The largest absolute Gasteiger partial charge is 0.416 e. The van der Waals surface area contributed by atoms with Crippen molar-refractivity contribution in [1.29, 1.82) is 0 Å². The topological polar surface area (TPSA) is 58.6 Å². The van der Waals surface area contributed by atoms with Gasteiger partial charge in [-0.15, -0.1) is 0 Å². The average molecular weight is 449 g/mol. The molecule has 1 unspecified atom stereocenters. The summed E-state index contributed by atoms with van der Waals surface area (Å²) in [6, 6.07) is 5.55. The monoisotopic (exact) mass is 448 g/mol. The fourth-order valence-electron chi connectivity index (χ4n) is 2.90. The molecule has 2 aromatic carbocycles. The third-order valence-corrected chi connectivity index (χ3v) is 4.56. The number of nitrogens with one attached hydrogen (secondary N) is 1. The Balaban J connectivity index is 1.71. The van der Waals surface area contributed by atoms with E-state index < -0.39 is 41.3 Å². The summed E-state index contributed by atoms with van der Waals surface area (Å²) >= 11 is 5.66. The second kappa shape index (κ2) is 8.57. The molecule has 0 bridgehead atoms. The van der Waals surface area contributed by atoms with Gasteiger partial charge in [-0.25, -0.2) is 8.78 Å². The lowest BCUT2D eigenvalue weighted by Gasteiger charge is -2.32. The van der Waals surface area contributed by atoms with Crippen LogP contribution in [0, 0.1) is 11.6 Å². The van der Waals surface area contributed by atoms with Gasteiger partial charge in [0.05, 0.1) is 18.7 Å². The Morgan fingerprint density at radius 1 is 1.10 bits per heavy atom. The fraction of sp³-hybridized carbons (Fsp3) is 0.263. The summed E-state index contributed by atoms with van der Waals surface area (Å²) in [7, 11) is 0. The van der Waals surface area contributed by atoms with Crippen molar-refractivity contribution in [3.8, 4) is 0 Å². The SMILES string of the molecule is O=C(Nc1cc(Cl)cc(C(F)(F)F)c1)C(=O)N1CCOC(c2ccc(F)c(F)c2)C1. The molecule has 30 heavy (non-hydrogen) atoms. The predicted octanol–water partition coefficient (Wildman–Crippen LogP) is 4.18. The zero-order valence-corrected chi connectivity index (χ0v) is 15.9. The summed E-state index contributed by atoms with van der Waals surface area (Å²) in [4.78, 5) is 25.8. The minimum Gasteiger partial charge on any atom is -0.370 e. The molecule has 1 atom stereocenters. The molecule has 1 saturated heterocycles. The molecule has 3 rings (SSSR count). The van der Waals surface area contributed by atoms with E-state index in [9.17, 15) is 31.5 Å². The van der Waals surface area contributed by atoms with Crippen molar-refractivity contribution >= 4 is 29.1 Å². The average Bonchev–Trinajstić information content (AvgIpc) is 2.68. The minimum absolute atomic E-state index is 0.0259. The van der Waals surface area contributed by atoms with Crippen LogP contribution in [0.15, 0.2) is 36.4 Å². The predicted molar refractivity (Wildman–Crippen MR) is 96.7 cm³/mol. The molecule has 1 fully saturated rings. The Morgan fingerprint density at radius 3 is 2.50 bits per heavy atom. The number of alkyl halides is 3. The van der Waals surface area contributed by atoms with Crippen LogP contribution >= 0.6 is 11.6 Å². The molecule has 0 aliphatic carbocycles. The maximum Gasteiger partial charge on any atom is 0.416 e. The Hall–Kier alpha value is -2.72. The highest BCUT2D eigenvalue weighted by Crippen LogP contribution is 2.33. The number of ether oxygens (including phenoxy) is 1. The van der Waals surface area contributed by atoms with Gasteiger partial charge < -0.3 is 15.0 Å². The van der Waals surface area contributed by atoms with E-state index in [1.807, 2.05) is 0 Å². The Kier molecular flexibility index (Phi) is 6.27. The Labute approximate surface area is 172 Å². The molecular formula is C19H14ClF5N2O3. The minimum atomic E-state index is -4.68. The highest BCUT2D eigenvalue weighted by Gasteiger charge is 2.32. The number of halogens is 6. The van der Waals surface area contributed by atoms with Crippen molar-refractivity contribution in [3.05, 3.63) is 64.2 Å². The van der Waals surface area contributed by atoms with Crippen LogP contribution in [0.1, 0.15) is 17.2 Å². The normalized spacial score (nSPS) is 17.0. The smallest absolute Gasteiger partial charge is 0.370 e. The molecule has 2 amide bonds. The van der Waals surface area contributed by atoms with Gasteiger partial charge in [0.2, 0.25) is 0 Å². The van der Waals surface area contributed by atoms with E-state index >= 15 is 0 Å². The Morgan fingerprint density at radius 2 is 1.83 bits per heavy atom. The first-order valence-corrected chi connectivity index (χ1v) is 8.97. The molecule has 11 heteroatoms. The molecule has 1 N–H and O–H groups in total. The zero-order chi connectivity index (χ0) is 22.1. The number of carbonyl (C=O) groups is 2. The number of morpholine rings is 1. The van der Waals surface area contributed by atoms with Crippen LogP contribution in [0.25, 0.3) is 0 Å². The Bertz CT molecular complexity index is 983. The van der Waals surface area contributed by atoms with Gasteiger partial charge in [0.25, 0.3) is 0 Å². The van der Waals surface area contributed by atoms with Crippen LogP contribution < -0.4 is 5.32 Å². The number of benzene rings is 2. The molecule has 1 aliphatic heterocycles. The number of rotatable bonds is 2. The number of hydrogen-bond acceptors (Lipinski definition) is 3. The number of hydrogen-bond donors (Lipinski definition) is 1. The summed E-state index contributed by atoms with van der Waals surface area (Å²) in [5, 5.41) is 1.83. The molecule has 0 radical (unpaired) electrons. The standard InChI is InChI=1S/C19H14ClF5N2O3/c20-12-6-11(19(23,24)25)7-13(8-12)26-17(28)18(29)27-3-4-30-16(9-27)10-1-2-14(21)15(22)5-10/h1-2,5-8,16H,3-4,9H2,(H,26,28). The second-order valence-electron chi connectivity index (χ2n) is 6.46. The summed E-state index contributed by atoms with van der Waals surface area (Å²) in [6.07, 6.45) is -5.48. The molecule has 1 aliphatic rings. The van der Waals surface area contributed by atoms with Gasteiger partial charge in [-0.3, -0.25) is 9.59 Å². The number of amides is 2. The van der Waals surface area contributed by atoms with Crippen LogP contribution in [0.2, 0.25) is 5.02 Å². The summed E-state index contributed by atoms with van der Waals surface area (Å²) < 4.78 is 70.6. The van der Waals surface area contributed by atoms with Crippen molar-refractivity contribution in [2.24, 2.45) is 0 Å². The van der Waals surface area contributed by atoms with Gasteiger partial charge in [0.15, 0.2) is 11.6 Å². The van der Waals surface area contributed by atoms with E-state index in [2.05, 4.69) is 5.32 Å². The van der Waals surface area contributed by atoms with Crippen LogP contribution in [-0.2, 0) is 20.5 Å². The highest BCUT2D eigenvalue weighted by atomic mass is 35.5. The molecule has 0 aromatic heterocycles. The first-order valence-electron chi connectivity index (χ1n) is 8.59. The first-order chi connectivity index (χ1) is 14.0. The van der Waals surface area contributed by atoms with Crippen LogP contribution in [0.4, 0.5) is 27.6 Å². The van der Waals surface area contributed by atoms with Crippen LogP contribution in [-0.4, -0.2) is 36.4 Å². The van der Waals surface area contributed by atoms with Crippen molar-refractivity contribution in [3.63, 3.8) is 0 Å². The second-order valence-corrected chi connectivity index (χ2v) is 6.90. The summed E-state index contributed by atoms with van der Waals surface area (Å²) in [5.74, 6) is -4.31. The quantitative estimate of drug-likeness (QED) is 0.554.